The Balaban J connectivity index is 3.44. The van der Waals surface area contributed by atoms with Crippen LogP contribution in [0.3, 0.4) is 0 Å². The predicted molar refractivity (Wildman–Crippen MR) is 70.0 cm³/mol. The highest BCUT2D eigenvalue weighted by atomic mass is 16.6. The Morgan fingerprint density at radius 3 is 2.47 bits per heavy atom. The first kappa shape index (κ1) is 14.9. The van der Waals surface area contributed by atoms with Gasteiger partial charge < -0.3 is 9.47 Å². The normalized spacial score (nSPS) is 10.4. The molecule has 0 saturated carbocycles. The number of hydrogen-bond acceptors (Lipinski definition) is 5. The molecule has 0 spiro atoms. The molecule has 6 nitrogen and oxygen atoms in total. The van der Waals surface area contributed by atoms with E-state index < -0.39 is 4.92 Å². The van der Waals surface area contributed by atoms with Gasteiger partial charge in [0.15, 0.2) is 11.5 Å². The largest absolute Gasteiger partial charge is 0.493 e. The van der Waals surface area contributed by atoms with Gasteiger partial charge in [-0.2, -0.15) is 0 Å². The van der Waals surface area contributed by atoms with Gasteiger partial charge in [0.25, 0.3) is 0 Å². The first-order chi connectivity index (χ1) is 8.90. The molecule has 6 heteroatoms. The summed E-state index contributed by atoms with van der Waals surface area (Å²) in [5, 5.41) is 11.1. The standard InChI is InChI=1S/C13H17NO5/c1-5-11(15)9-6-10(14(16)17)13(19-8(2)3)12(7-9)18-4/h6-8H,5H2,1-4H3. The van der Waals surface area contributed by atoms with Crippen molar-refractivity contribution in [3.05, 3.63) is 27.8 Å². The number of nitro benzene ring substituents is 1. The van der Waals surface area contributed by atoms with E-state index in [-0.39, 0.29) is 41.1 Å². The molecule has 0 unspecified atom stereocenters. The van der Waals surface area contributed by atoms with E-state index in [1.807, 2.05) is 0 Å². The van der Waals surface area contributed by atoms with Crippen molar-refractivity contribution in [2.24, 2.45) is 0 Å². The Kier molecular flexibility index (Phi) is 4.86. The predicted octanol–water partition coefficient (Wildman–Crippen LogP) is 2.98. The van der Waals surface area contributed by atoms with Crippen LogP contribution < -0.4 is 9.47 Å². The number of hydrogen-bond donors (Lipinski definition) is 0. The molecule has 0 amide bonds. The Hall–Kier alpha value is -2.11. The van der Waals surface area contributed by atoms with Crippen molar-refractivity contribution in [3.8, 4) is 11.5 Å². The van der Waals surface area contributed by atoms with Gasteiger partial charge >= 0.3 is 5.69 Å². The number of nitro groups is 1. The molecule has 0 atom stereocenters. The fourth-order valence-electron chi connectivity index (χ4n) is 1.59. The summed E-state index contributed by atoms with van der Waals surface area (Å²) in [6.45, 7) is 5.21. The van der Waals surface area contributed by atoms with Crippen LogP contribution in [0.4, 0.5) is 5.69 Å². The molecule has 0 heterocycles. The number of nitrogens with zero attached hydrogens (tertiary/aromatic N) is 1. The van der Waals surface area contributed by atoms with Crippen molar-refractivity contribution in [1.29, 1.82) is 0 Å². The molecule has 1 aromatic rings. The highest BCUT2D eigenvalue weighted by Gasteiger charge is 2.24. The third-order valence-corrected chi connectivity index (χ3v) is 2.45. The Bertz CT molecular complexity index is 496. The van der Waals surface area contributed by atoms with E-state index >= 15 is 0 Å². The van der Waals surface area contributed by atoms with E-state index in [1.165, 1.54) is 19.2 Å². The fourth-order valence-corrected chi connectivity index (χ4v) is 1.59. The lowest BCUT2D eigenvalue weighted by Gasteiger charge is -2.14. The number of methoxy groups -OCH3 is 1. The van der Waals surface area contributed by atoms with Crippen LogP contribution in [0, 0.1) is 10.1 Å². The van der Waals surface area contributed by atoms with Crippen LogP contribution in [0.1, 0.15) is 37.6 Å². The van der Waals surface area contributed by atoms with Crippen molar-refractivity contribution >= 4 is 11.5 Å². The SMILES string of the molecule is CCC(=O)c1cc(OC)c(OC(C)C)c([N+](=O)[O-])c1. The quantitative estimate of drug-likeness (QED) is 0.449. The third-order valence-electron chi connectivity index (χ3n) is 2.45. The fraction of sp³-hybridized carbons (Fsp3) is 0.462. The van der Waals surface area contributed by atoms with Crippen LogP contribution in [-0.2, 0) is 0 Å². The Morgan fingerprint density at radius 2 is 2.05 bits per heavy atom. The maximum absolute atomic E-state index is 11.7. The zero-order valence-corrected chi connectivity index (χ0v) is 11.4. The average Bonchev–Trinajstić information content (AvgIpc) is 2.36. The van der Waals surface area contributed by atoms with Gasteiger partial charge in [-0.1, -0.05) is 6.92 Å². The molecule has 0 fully saturated rings. The maximum Gasteiger partial charge on any atom is 0.315 e. The van der Waals surface area contributed by atoms with E-state index in [1.54, 1.807) is 20.8 Å². The van der Waals surface area contributed by atoms with Crippen LogP contribution in [0.25, 0.3) is 0 Å². The molecular formula is C13H17NO5. The summed E-state index contributed by atoms with van der Waals surface area (Å²) < 4.78 is 10.5. The highest BCUT2D eigenvalue weighted by Crippen LogP contribution is 2.39. The van der Waals surface area contributed by atoms with Gasteiger partial charge in [-0.05, 0) is 19.9 Å². The van der Waals surface area contributed by atoms with Gasteiger partial charge in [0.05, 0.1) is 18.1 Å². The molecule has 0 bridgehead atoms. The van der Waals surface area contributed by atoms with Crippen molar-refractivity contribution in [1.82, 2.24) is 0 Å². The Labute approximate surface area is 111 Å². The smallest absolute Gasteiger partial charge is 0.315 e. The van der Waals surface area contributed by atoms with Gasteiger partial charge in [0, 0.05) is 18.1 Å². The second-order valence-corrected chi connectivity index (χ2v) is 4.23. The molecule has 0 saturated heterocycles. The molecule has 0 aliphatic rings. The number of rotatable bonds is 6. The lowest BCUT2D eigenvalue weighted by atomic mass is 10.1. The van der Waals surface area contributed by atoms with Crippen molar-refractivity contribution < 1.29 is 19.2 Å². The number of Topliss-reactive ketones (excluding diaryl/α,β-unsaturated/α-hetero) is 1. The molecule has 0 radical (unpaired) electrons. The molecular weight excluding hydrogens is 250 g/mol. The average molecular weight is 267 g/mol. The maximum atomic E-state index is 11.7. The summed E-state index contributed by atoms with van der Waals surface area (Å²) >= 11 is 0. The van der Waals surface area contributed by atoms with E-state index in [0.29, 0.717) is 0 Å². The second kappa shape index (κ2) is 6.17. The number of benzene rings is 1. The first-order valence-electron chi connectivity index (χ1n) is 5.97. The van der Waals surface area contributed by atoms with Crippen LogP contribution in [-0.4, -0.2) is 23.9 Å². The molecule has 0 N–H and O–H groups in total. The van der Waals surface area contributed by atoms with Gasteiger partial charge in [-0.3, -0.25) is 14.9 Å². The summed E-state index contributed by atoms with van der Waals surface area (Å²) in [4.78, 5) is 22.2. The zero-order chi connectivity index (χ0) is 14.6. The molecule has 104 valence electrons. The van der Waals surface area contributed by atoms with Gasteiger partial charge in [-0.25, -0.2) is 0 Å². The topological polar surface area (TPSA) is 78.7 Å². The van der Waals surface area contributed by atoms with Gasteiger partial charge in [0.2, 0.25) is 5.75 Å². The number of ether oxygens (including phenoxy) is 2. The first-order valence-corrected chi connectivity index (χ1v) is 5.97. The number of carbonyl (C=O) groups excluding carboxylic acids is 1. The van der Waals surface area contributed by atoms with E-state index in [2.05, 4.69) is 0 Å². The van der Waals surface area contributed by atoms with Gasteiger partial charge in [-0.15, -0.1) is 0 Å². The summed E-state index contributed by atoms with van der Waals surface area (Å²) in [5.74, 6) is 0.0624. The highest BCUT2D eigenvalue weighted by molar-refractivity contribution is 5.97. The third kappa shape index (κ3) is 3.43. The van der Waals surface area contributed by atoms with Gasteiger partial charge in [0.1, 0.15) is 0 Å². The van der Waals surface area contributed by atoms with Crippen LogP contribution in [0.2, 0.25) is 0 Å². The van der Waals surface area contributed by atoms with Crippen molar-refractivity contribution in [2.45, 2.75) is 33.3 Å². The summed E-state index contributed by atoms with van der Waals surface area (Å²) in [7, 11) is 1.38. The lowest BCUT2D eigenvalue weighted by Crippen LogP contribution is -2.10. The molecule has 1 rings (SSSR count). The van der Waals surface area contributed by atoms with Crippen LogP contribution in [0.5, 0.6) is 11.5 Å². The van der Waals surface area contributed by atoms with Crippen molar-refractivity contribution in [2.75, 3.05) is 7.11 Å². The minimum atomic E-state index is -0.577. The molecule has 0 aromatic heterocycles. The second-order valence-electron chi connectivity index (χ2n) is 4.23. The van der Waals surface area contributed by atoms with Crippen molar-refractivity contribution in [3.63, 3.8) is 0 Å². The molecule has 1 aromatic carbocycles. The minimum Gasteiger partial charge on any atom is -0.493 e. The summed E-state index contributed by atoms with van der Waals surface area (Å²) in [6, 6.07) is 2.70. The van der Waals surface area contributed by atoms with Crippen LogP contribution in [0.15, 0.2) is 12.1 Å². The van der Waals surface area contributed by atoms with Crippen LogP contribution >= 0.6 is 0 Å². The Morgan fingerprint density at radius 1 is 1.42 bits per heavy atom. The van der Waals surface area contributed by atoms with E-state index in [4.69, 9.17) is 9.47 Å². The molecule has 0 aliphatic carbocycles. The number of carbonyl (C=O) groups is 1. The number of ketones is 1. The molecule has 19 heavy (non-hydrogen) atoms. The summed E-state index contributed by atoms with van der Waals surface area (Å²) in [5.41, 5.74) is -0.00740. The zero-order valence-electron chi connectivity index (χ0n) is 11.4. The van der Waals surface area contributed by atoms with E-state index in [0.717, 1.165) is 0 Å². The molecule has 0 aliphatic heterocycles. The minimum absolute atomic E-state index is 0.0511. The lowest BCUT2D eigenvalue weighted by molar-refractivity contribution is -0.386. The monoisotopic (exact) mass is 267 g/mol. The van der Waals surface area contributed by atoms with E-state index in [9.17, 15) is 14.9 Å². The summed E-state index contributed by atoms with van der Waals surface area (Å²) in [6.07, 6.45) is 0.0327.